The summed E-state index contributed by atoms with van der Waals surface area (Å²) in [6, 6.07) is 4.12. The lowest BCUT2D eigenvalue weighted by Crippen LogP contribution is -2.34. The van der Waals surface area contributed by atoms with Crippen LogP contribution in [0.5, 0.6) is 0 Å². The SMILES string of the molecule is N#Cc1ccncc1NC1CCCCC1CO. The second kappa shape index (κ2) is 5.65. The summed E-state index contributed by atoms with van der Waals surface area (Å²) in [7, 11) is 0. The molecule has 2 N–H and O–H groups in total. The number of nitriles is 1. The number of anilines is 1. The first-order chi connectivity index (χ1) is 8.35. The highest BCUT2D eigenvalue weighted by atomic mass is 16.3. The van der Waals surface area contributed by atoms with Gasteiger partial charge in [-0.2, -0.15) is 5.26 Å². The van der Waals surface area contributed by atoms with Crippen molar-refractivity contribution >= 4 is 5.69 Å². The average molecular weight is 231 g/mol. The number of nitrogens with one attached hydrogen (secondary N) is 1. The topological polar surface area (TPSA) is 68.9 Å². The monoisotopic (exact) mass is 231 g/mol. The first kappa shape index (κ1) is 11.9. The van der Waals surface area contributed by atoms with Crippen molar-refractivity contribution in [1.82, 2.24) is 4.98 Å². The second-order valence-corrected chi connectivity index (χ2v) is 4.51. The summed E-state index contributed by atoms with van der Waals surface area (Å²) in [5.74, 6) is 0.287. The van der Waals surface area contributed by atoms with Gasteiger partial charge in [-0.15, -0.1) is 0 Å². The maximum Gasteiger partial charge on any atom is 0.101 e. The van der Waals surface area contributed by atoms with Crippen LogP contribution in [0.15, 0.2) is 18.5 Å². The molecular weight excluding hydrogens is 214 g/mol. The predicted molar refractivity (Wildman–Crippen MR) is 65.4 cm³/mol. The van der Waals surface area contributed by atoms with E-state index in [1.807, 2.05) is 0 Å². The van der Waals surface area contributed by atoms with E-state index in [9.17, 15) is 5.11 Å². The zero-order valence-electron chi connectivity index (χ0n) is 9.76. The summed E-state index contributed by atoms with van der Waals surface area (Å²) in [5.41, 5.74) is 1.39. The molecule has 2 rings (SSSR count). The Hall–Kier alpha value is -1.60. The van der Waals surface area contributed by atoms with Gasteiger partial charge in [0.15, 0.2) is 0 Å². The van der Waals surface area contributed by atoms with Crippen LogP contribution < -0.4 is 5.32 Å². The Labute approximate surface area is 101 Å². The molecule has 0 amide bonds. The number of hydrogen-bond donors (Lipinski definition) is 2. The molecule has 0 saturated heterocycles. The normalized spacial score (nSPS) is 24.0. The smallest absolute Gasteiger partial charge is 0.101 e. The van der Waals surface area contributed by atoms with Crippen LogP contribution in [0.3, 0.4) is 0 Å². The van der Waals surface area contributed by atoms with Gasteiger partial charge in [0.1, 0.15) is 6.07 Å². The highest BCUT2D eigenvalue weighted by Gasteiger charge is 2.24. The largest absolute Gasteiger partial charge is 0.396 e. The Morgan fingerprint density at radius 2 is 2.29 bits per heavy atom. The molecule has 1 aromatic heterocycles. The molecule has 1 saturated carbocycles. The van der Waals surface area contributed by atoms with E-state index in [2.05, 4.69) is 16.4 Å². The molecule has 1 fully saturated rings. The van der Waals surface area contributed by atoms with Crippen molar-refractivity contribution in [2.24, 2.45) is 5.92 Å². The quantitative estimate of drug-likeness (QED) is 0.833. The molecule has 0 aliphatic heterocycles. The zero-order valence-corrected chi connectivity index (χ0v) is 9.76. The van der Waals surface area contributed by atoms with E-state index in [-0.39, 0.29) is 18.6 Å². The molecule has 2 atom stereocenters. The molecule has 1 aliphatic carbocycles. The number of nitrogens with zero attached hydrogens (tertiary/aromatic N) is 2. The van der Waals surface area contributed by atoms with Crippen LogP contribution in [-0.4, -0.2) is 22.7 Å². The van der Waals surface area contributed by atoms with Crippen molar-refractivity contribution in [3.05, 3.63) is 24.0 Å². The molecule has 1 heterocycles. The van der Waals surface area contributed by atoms with Crippen LogP contribution in [0, 0.1) is 17.2 Å². The third-order valence-corrected chi connectivity index (χ3v) is 3.43. The Morgan fingerprint density at radius 3 is 3.06 bits per heavy atom. The molecule has 2 unspecified atom stereocenters. The van der Waals surface area contributed by atoms with Crippen LogP contribution in [-0.2, 0) is 0 Å². The lowest BCUT2D eigenvalue weighted by atomic mass is 9.85. The highest BCUT2D eigenvalue weighted by Crippen LogP contribution is 2.27. The fourth-order valence-corrected chi connectivity index (χ4v) is 2.42. The average Bonchev–Trinajstić information content (AvgIpc) is 2.40. The van der Waals surface area contributed by atoms with E-state index >= 15 is 0 Å². The van der Waals surface area contributed by atoms with Gasteiger partial charge in [-0.25, -0.2) is 0 Å². The van der Waals surface area contributed by atoms with Crippen molar-refractivity contribution in [3.8, 4) is 6.07 Å². The lowest BCUT2D eigenvalue weighted by molar-refractivity contribution is 0.178. The third-order valence-electron chi connectivity index (χ3n) is 3.43. The van der Waals surface area contributed by atoms with Gasteiger partial charge in [0.2, 0.25) is 0 Å². The van der Waals surface area contributed by atoms with Gasteiger partial charge in [0.05, 0.1) is 17.4 Å². The molecule has 0 aromatic carbocycles. The molecule has 17 heavy (non-hydrogen) atoms. The van der Waals surface area contributed by atoms with Crippen LogP contribution >= 0.6 is 0 Å². The van der Waals surface area contributed by atoms with Crippen molar-refractivity contribution < 1.29 is 5.11 Å². The van der Waals surface area contributed by atoms with Crippen molar-refractivity contribution in [3.63, 3.8) is 0 Å². The van der Waals surface area contributed by atoms with Crippen molar-refractivity contribution in [2.75, 3.05) is 11.9 Å². The molecule has 90 valence electrons. The standard InChI is InChI=1S/C13H17N3O/c14-7-10-5-6-15-8-13(10)16-12-4-2-1-3-11(12)9-17/h5-6,8,11-12,16-17H,1-4,9H2. The van der Waals surface area contributed by atoms with E-state index in [1.54, 1.807) is 18.5 Å². The lowest BCUT2D eigenvalue weighted by Gasteiger charge is -2.31. The van der Waals surface area contributed by atoms with Gasteiger partial charge in [0.25, 0.3) is 0 Å². The number of rotatable bonds is 3. The minimum atomic E-state index is 0.208. The minimum absolute atomic E-state index is 0.208. The molecular formula is C13H17N3O. The van der Waals surface area contributed by atoms with E-state index in [0.29, 0.717) is 5.56 Å². The Bertz CT molecular complexity index is 413. The molecule has 4 heteroatoms. The van der Waals surface area contributed by atoms with Gasteiger partial charge in [-0.3, -0.25) is 4.98 Å². The number of aliphatic hydroxyl groups excluding tert-OH is 1. The van der Waals surface area contributed by atoms with Gasteiger partial charge in [0, 0.05) is 24.8 Å². The number of pyridine rings is 1. The minimum Gasteiger partial charge on any atom is -0.396 e. The summed E-state index contributed by atoms with van der Waals surface area (Å²) in [6.45, 7) is 0.208. The van der Waals surface area contributed by atoms with E-state index in [4.69, 9.17) is 5.26 Å². The van der Waals surface area contributed by atoms with Crippen LogP contribution in [0.2, 0.25) is 0 Å². The number of aromatic nitrogens is 1. The number of hydrogen-bond acceptors (Lipinski definition) is 4. The Balaban J connectivity index is 2.11. The fraction of sp³-hybridized carbons (Fsp3) is 0.538. The molecule has 1 aromatic rings. The molecule has 0 spiro atoms. The molecule has 1 aliphatic rings. The van der Waals surface area contributed by atoms with E-state index in [1.165, 1.54) is 12.8 Å². The molecule has 0 bridgehead atoms. The van der Waals surface area contributed by atoms with Gasteiger partial charge >= 0.3 is 0 Å². The van der Waals surface area contributed by atoms with Crippen LogP contribution in [0.25, 0.3) is 0 Å². The summed E-state index contributed by atoms with van der Waals surface area (Å²) in [4.78, 5) is 4.03. The summed E-state index contributed by atoms with van der Waals surface area (Å²) >= 11 is 0. The fourth-order valence-electron chi connectivity index (χ4n) is 2.42. The van der Waals surface area contributed by atoms with E-state index in [0.717, 1.165) is 18.5 Å². The summed E-state index contributed by atoms with van der Waals surface area (Å²) in [6.07, 6.45) is 7.76. The number of aliphatic hydroxyl groups is 1. The highest BCUT2D eigenvalue weighted by molar-refractivity contribution is 5.56. The van der Waals surface area contributed by atoms with Gasteiger partial charge in [-0.1, -0.05) is 12.8 Å². The van der Waals surface area contributed by atoms with Gasteiger partial charge in [-0.05, 0) is 18.9 Å². The maximum absolute atomic E-state index is 9.35. The predicted octanol–water partition coefficient (Wildman–Crippen LogP) is 1.92. The van der Waals surface area contributed by atoms with Crippen LogP contribution in [0.1, 0.15) is 31.2 Å². The second-order valence-electron chi connectivity index (χ2n) is 4.51. The first-order valence-electron chi connectivity index (χ1n) is 6.06. The Morgan fingerprint density at radius 1 is 1.47 bits per heavy atom. The third kappa shape index (κ3) is 2.75. The van der Waals surface area contributed by atoms with Crippen LogP contribution in [0.4, 0.5) is 5.69 Å². The maximum atomic E-state index is 9.35. The first-order valence-corrected chi connectivity index (χ1v) is 6.06. The van der Waals surface area contributed by atoms with E-state index < -0.39 is 0 Å². The Kier molecular flexibility index (Phi) is 3.94. The molecule has 4 nitrogen and oxygen atoms in total. The van der Waals surface area contributed by atoms with Gasteiger partial charge < -0.3 is 10.4 Å². The van der Waals surface area contributed by atoms with Crippen molar-refractivity contribution in [2.45, 2.75) is 31.7 Å². The zero-order chi connectivity index (χ0) is 12.1. The summed E-state index contributed by atoms with van der Waals surface area (Å²) in [5, 5.41) is 21.7. The van der Waals surface area contributed by atoms with Crippen molar-refractivity contribution in [1.29, 1.82) is 5.26 Å². The summed E-state index contributed by atoms with van der Waals surface area (Å²) < 4.78 is 0. The molecule has 0 radical (unpaired) electrons.